The lowest BCUT2D eigenvalue weighted by atomic mass is 10.4. The van der Waals surface area contributed by atoms with Crippen LogP contribution in [0.4, 0.5) is 4.79 Å². The van der Waals surface area contributed by atoms with Gasteiger partial charge in [0.15, 0.2) is 0 Å². The zero-order chi connectivity index (χ0) is 7.68. The minimum absolute atomic E-state index is 0.193. The molecule has 0 aromatic heterocycles. The van der Waals surface area contributed by atoms with Gasteiger partial charge < -0.3 is 9.47 Å². The zero-order valence-corrected chi connectivity index (χ0v) is 6.03. The standard InChI is InChI=1S/C7H9NO3/c9-7-8-3-1-2-4-10-6(8)5-11-7/h2,4,6H,1,3,5H2. The van der Waals surface area contributed by atoms with Crippen LogP contribution >= 0.6 is 0 Å². The van der Waals surface area contributed by atoms with Crippen molar-refractivity contribution < 1.29 is 14.3 Å². The van der Waals surface area contributed by atoms with Crippen LogP contribution < -0.4 is 0 Å². The molecule has 2 aliphatic rings. The van der Waals surface area contributed by atoms with Gasteiger partial charge in [-0.05, 0) is 12.5 Å². The van der Waals surface area contributed by atoms with Gasteiger partial charge in [0, 0.05) is 6.54 Å². The van der Waals surface area contributed by atoms with E-state index in [9.17, 15) is 4.79 Å². The third kappa shape index (κ3) is 1.04. The van der Waals surface area contributed by atoms with Crippen LogP contribution in [-0.2, 0) is 9.47 Å². The molecule has 2 rings (SSSR count). The molecule has 1 fully saturated rings. The van der Waals surface area contributed by atoms with Crippen molar-refractivity contribution in [1.82, 2.24) is 4.90 Å². The first-order valence-electron chi connectivity index (χ1n) is 3.62. The summed E-state index contributed by atoms with van der Waals surface area (Å²) in [6, 6.07) is 0. The molecule has 1 amide bonds. The van der Waals surface area contributed by atoms with E-state index in [0.717, 1.165) is 6.42 Å². The van der Waals surface area contributed by atoms with Gasteiger partial charge >= 0.3 is 6.09 Å². The Morgan fingerprint density at radius 3 is 3.45 bits per heavy atom. The third-order valence-electron chi connectivity index (χ3n) is 1.80. The molecule has 0 radical (unpaired) electrons. The summed E-state index contributed by atoms with van der Waals surface area (Å²) in [6.45, 7) is 1.04. The van der Waals surface area contributed by atoms with Gasteiger partial charge in [0.2, 0.25) is 6.23 Å². The zero-order valence-electron chi connectivity index (χ0n) is 6.03. The fourth-order valence-electron chi connectivity index (χ4n) is 1.21. The number of carbonyl (C=O) groups is 1. The smallest absolute Gasteiger partial charge is 0.412 e. The number of amides is 1. The third-order valence-corrected chi connectivity index (χ3v) is 1.80. The Balaban J connectivity index is 2.11. The highest BCUT2D eigenvalue weighted by atomic mass is 16.6. The second kappa shape index (κ2) is 2.45. The summed E-state index contributed by atoms with van der Waals surface area (Å²) in [6.07, 6.45) is 3.92. The van der Waals surface area contributed by atoms with E-state index >= 15 is 0 Å². The number of hydrogen-bond acceptors (Lipinski definition) is 3. The number of cyclic esters (lactones) is 1. The van der Waals surface area contributed by atoms with E-state index in [-0.39, 0.29) is 12.3 Å². The highest BCUT2D eigenvalue weighted by molar-refractivity contribution is 5.69. The van der Waals surface area contributed by atoms with Gasteiger partial charge in [-0.1, -0.05) is 0 Å². The van der Waals surface area contributed by atoms with E-state index in [1.165, 1.54) is 0 Å². The predicted octanol–water partition coefficient (Wildman–Crippen LogP) is 0.699. The van der Waals surface area contributed by atoms with Crippen molar-refractivity contribution in [3.8, 4) is 0 Å². The van der Waals surface area contributed by atoms with Crippen LogP contribution in [0.15, 0.2) is 12.3 Å². The molecule has 0 saturated carbocycles. The lowest BCUT2D eigenvalue weighted by Gasteiger charge is -2.16. The molecular weight excluding hydrogens is 146 g/mol. The Morgan fingerprint density at radius 2 is 2.55 bits per heavy atom. The van der Waals surface area contributed by atoms with Gasteiger partial charge in [-0.2, -0.15) is 0 Å². The van der Waals surface area contributed by atoms with E-state index in [0.29, 0.717) is 13.2 Å². The van der Waals surface area contributed by atoms with Crippen molar-refractivity contribution in [2.75, 3.05) is 13.2 Å². The second-order valence-electron chi connectivity index (χ2n) is 2.52. The molecule has 0 spiro atoms. The first-order chi connectivity index (χ1) is 5.38. The molecule has 0 aliphatic carbocycles. The van der Waals surface area contributed by atoms with Gasteiger partial charge in [0.05, 0.1) is 6.26 Å². The van der Waals surface area contributed by atoms with E-state index in [4.69, 9.17) is 9.47 Å². The highest BCUT2D eigenvalue weighted by Gasteiger charge is 2.33. The number of carbonyl (C=O) groups excluding carboxylic acids is 1. The summed E-state index contributed by atoms with van der Waals surface area (Å²) in [5.74, 6) is 0. The van der Waals surface area contributed by atoms with Crippen LogP contribution in [0.25, 0.3) is 0 Å². The molecule has 4 heteroatoms. The second-order valence-corrected chi connectivity index (χ2v) is 2.52. The van der Waals surface area contributed by atoms with E-state index in [1.807, 2.05) is 6.08 Å². The van der Waals surface area contributed by atoms with Gasteiger partial charge in [-0.25, -0.2) is 4.79 Å². The number of nitrogens with zero attached hydrogens (tertiary/aromatic N) is 1. The number of ether oxygens (including phenoxy) is 2. The number of rotatable bonds is 0. The van der Waals surface area contributed by atoms with Crippen LogP contribution in [-0.4, -0.2) is 30.4 Å². The fourth-order valence-corrected chi connectivity index (χ4v) is 1.21. The Morgan fingerprint density at radius 1 is 1.64 bits per heavy atom. The van der Waals surface area contributed by atoms with Crippen LogP contribution in [0.5, 0.6) is 0 Å². The largest absolute Gasteiger partial charge is 0.475 e. The summed E-state index contributed by atoms with van der Waals surface area (Å²) in [5.41, 5.74) is 0. The normalized spacial score (nSPS) is 28.9. The summed E-state index contributed by atoms with van der Waals surface area (Å²) in [5, 5.41) is 0. The van der Waals surface area contributed by atoms with E-state index in [1.54, 1.807) is 11.2 Å². The van der Waals surface area contributed by atoms with Crippen molar-refractivity contribution in [1.29, 1.82) is 0 Å². The Hall–Kier alpha value is -1.19. The molecule has 1 unspecified atom stereocenters. The summed E-state index contributed by atoms with van der Waals surface area (Å²) < 4.78 is 9.98. The van der Waals surface area contributed by atoms with Crippen molar-refractivity contribution in [3.63, 3.8) is 0 Å². The molecule has 1 saturated heterocycles. The maximum atomic E-state index is 11.0. The topological polar surface area (TPSA) is 38.8 Å². The van der Waals surface area contributed by atoms with Crippen molar-refractivity contribution >= 4 is 6.09 Å². The van der Waals surface area contributed by atoms with Crippen molar-refractivity contribution in [2.45, 2.75) is 12.6 Å². The lowest BCUT2D eigenvalue weighted by Crippen LogP contribution is -2.33. The Bertz CT molecular complexity index is 202. The van der Waals surface area contributed by atoms with Crippen LogP contribution in [0.1, 0.15) is 6.42 Å². The average molecular weight is 155 g/mol. The van der Waals surface area contributed by atoms with Gasteiger partial charge in [-0.15, -0.1) is 0 Å². The molecule has 4 nitrogen and oxygen atoms in total. The molecule has 1 atom stereocenters. The summed E-state index contributed by atoms with van der Waals surface area (Å²) in [4.78, 5) is 12.6. The minimum Gasteiger partial charge on any atom is -0.475 e. The first kappa shape index (κ1) is 6.52. The average Bonchev–Trinajstić information content (AvgIpc) is 2.25. The monoisotopic (exact) mass is 155 g/mol. The first-order valence-corrected chi connectivity index (χ1v) is 3.62. The summed E-state index contributed by atoms with van der Waals surface area (Å²) >= 11 is 0. The van der Waals surface area contributed by atoms with E-state index < -0.39 is 0 Å². The van der Waals surface area contributed by atoms with Crippen LogP contribution in [0.2, 0.25) is 0 Å². The molecule has 2 heterocycles. The van der Waals surface area contributed by atoms with Crippen LogP contribution in [0, 0.1) is 0 Å². The Kier molecular flexibility index (Phi) is 1.45. The van der Waals surface area contributed by atoms with E-state index in [2.05, 4.69) is 0 Å². The molecule has 0 aromatic rings. The quantitative estimate of drug-likeness (QED) is 0.516. The molecule has 0 N–H and O–H groups in total. The molecule has 2 aliphatic heterocycles. The van der Waals surface area contributed by atoms with Gasteiger partial charge in [0.25, 0.3) is 0 Å². The molecule has 60 valence electrons. The maximum Gasteiger partial charge on any atom is 0.412 e. The number of hydrogen-bond donors (Lipinski definition) is 0. The van der Waals surface area contributed by atoms with Gasteiger partial charge in [-0.3, -0.25) is 4.90 Å². The lowest BCUT2D eigenvalue weighted by molar-refractivity contribution is 0.0496. The summed E-state index contributed by atoms with van der Waals surface area (Å²) in [7, 11) is 0. The molecule has 11 heavy (non-hydrogen) atoms. The number of fused-ring (bicyclic) bond motifs is 1. The molecular formula is C7H9NO3. The molecule has 0 bridgehead atoms. The predicted molar refractivity (Wildman–Crippen MR) is 36.7 cm³/mol. The van der Waals surface area contributed by atoms with Crippen molar-refractivity contribution in [3.05, 3.63) is 12.3 Å². The highest BCUT2D eigenvalue weighted by Crippen LogP contribution is 2.16. The fraction of sp³-hybridized carbons (Fsp3) is 0.571. The van der Waals surface area contributed by atoms with Crippen LogP contribution in [0.3, 0.4) is 0 Å². The van der Waals surface area contributed by atoms with Crippen molar-refractivity contribution in [2.24, 2.45) is 0 Å². The molecule has 0 aromatic carbocycles. The van der Waals surface area contributed by atoms with Gasteiger partial charge in [0.1, 0.15) is 6.61 Å². The SMILES string of the molecule is O=C1OCC2OC=CCCN12. The Labute approximate surface area is 64.4 Å². The maximum absolute atomic E-state index is 11.0. The minimum atomic E-state index is -0.265.